The number of carbonyl (C=O) groups excluding carboxylic acids is 3. The van der Waals surface area contributed by atoms with Gasteiger partial charge in [0.05, 0.1) is 6.10 Å². The summed E-state index contributed by atoms with van der Waals surface area (Å²) in [5.74, 6) is -0.437. The molecule has 0 aromatic heterocycles. The van der Waals surface area contributed by atoms with Crippen molar-refractivity contribution in [2.75, 3.05) is 50.8 Å². The van der Waals surface area contributed by atoms with E-state index in [0.717, 1.165) is 38.4 Å². The summed E-state index contributed by atoms with van der Waals surface area (Å²) in [4.78, 5) is 46.1. The van der Waals surface area contributed by atoms with Crippen molar-refractivity contribution in [3.05, 3.63) is 29.8 Å². The normalized spacial score (nSPS) is 25.7. The first-order chi connectivity index (χ1) is 17.2. The van der Waals surface area contributed by atoms with Crippen molar-refractivity contribution in [3.63, 3.8) is 0 Å². The minimum absolute atomic E-state index is 0.0526. The Labute approximate surface area is 215 Å². The Morgan fingerprint density at radius 3 is 2.39 bits per heavy atom. The molecule has 36 heavy (non-hydrogen) atoms. The van der Waals surface area contributed by atoms with Crippen LogP contribution in [0.15, 0.2) is 24.3 Å². The summed E-state index contributed by atoms with van der Waals surface area (Å²) in [6.45, 7) is 15.9. The number of anilines is 1. The molecule has 3 heterocycles. The number of nitrogens with zero attached hydrogens (tertiary/aromatic N) is 3. The number of rotatable bonds is 8. The molecule has 3 aliphatic rings. The number of hydrogen-bond donors (Lipinski definition) is 1. The van der Waals surface area contributed by atoms with Crippen LogP contribution in [0.1, 0.15) is 57.8 Å². The van der Waals surface area contributed by atoms with Crippen molar-refractivity contribution in [1.29, 1.82) is 0 Å². The van der Waals surface area contributed by atoms with E-state index in [2.05, 4.69) is 22.0 Å². The number of benzene rings is 1. The minimum atomic E-state index is -0.735. The van der Waals surface area contributed by atoms with E-state index in [0.29, 0.717) is 18.5 Å². The zero-order valence-electron chi connectivity index (χ0n) is 22.5. The molecule has 1 aromatic rings. The Hall–Kier alpha value is -2.45. The van der Waals surface area contributed by atoms with Gasteiger partial charge in [-0.15, -0.1) is 0 Å². The van der Waals surface area contributed by atoms with Crippen molar-refractivity contribution in [2.24, 2.45) is 11.3 Å². The maximum Gasteiger partial charge on any atom is 0.251 e. The molecule has 0 saturated carbocycles. The van der Waals surface area contributed by atoms with Crippen molar-refractivity contribution in [1.82, 2.24) is 15.1 Å². The number of hydrogen-bond acceptors (Lipinski definition) is 6. The van der Waals surface area contributed by atoms with E-state index >= 15 is 0 Å². The second kappa shape index (κ2) is 10.9. The van der Waals surface area contributed by atoms with Gasteiger partial charge in [0.1, 0.15) is 18.7 Å². The van der Waals surface area contributed by atoms with Gasteiger partial charge in [-0.3, -0.25) is 19.3 Å². The van der Waals surface area contributed by atoms with E-state index in [4.69, 9.17) is 4.74 Å². The molecule has 4 atom stereocenters. The fraction of sp³-hybridized carbons (Fsp3) is 0.679. The standard InChI is InChI=1S/C28H42N4O4/c1-6-12-30-13-15-31(16-14-30)21-10-8-20(9-11-21)26(34)29-25(28(4,5)7-2)27(35)32-17-19(3)24-23(32)22(33)18-36-24/h8-11,19,23-25H,6-7,12-18H2,1-5H3,(H,29,34)/t19-,23-,24-,25-/m1/s1. The van der Waals surface area contributed by atoms with Gasteiger partial charge in [-0.1, -0.05) is 34.6 Å². The van der Waals surface area contributed by atoms with Crippen LogP contribution < -0.4 is 10.2 Å². The highest BCUT2D eigenvalue weighted by molar-refractivity contribution is 5.99. The first kappa shape index (κ1) is 26.6. The van der Waals surface area contributed by atoms with Crippen LogP contribution in [-0.4, -0.2) is 91.5 Å². The van der Waals surface area contributed by atoms with Crippen LogP contribution in [0.3, 0.4) is 0 Å². The maximum absolute atomic E-state index is 13.8. The minimum Gasteiger partial charge on any atom is -0.369 e. The Kier molecular flexibility index (Phi) is 8.05. The molecule has 4 rings (SSSR count). The average Bonchev–Trinajstić information content (AvgIpc) is 3.43. The monoisotopic (exact) mass is 498 g/mol. The first-order valence-electron chi connectivity index (χ1n) is 13.5. The lowest BCUT2D eigenvalue weighted by Crippen LogP contribution is -2.57. The highest BCUT2D eigenvalue weighted by Gasteiger charge is 2.52. The average molecular weight is 499 g/mol. The second-order valence-electron chi connectivity index (χ2n) is 11.3. The van der Waals surface area contributed by atoms with Gasteiger partial charge >= 0.3 is 0 Å². The number of amides is 2. The Morgan fingerprint density at radius 1 is 1.11 bits per heavy atom. The zero-order valence-corrected chi connectivity index (χ0v) is 22.5. The molecule has 1 aromatic carbocycles. The van der Waals surface area contributed by atoms with Gasteiger partial charge in [-0.2, -0.15) is 0 Å². The lowest BCUT2D eigenvalue weighted by atomic mass is 9.80. The molecule has 0 aliphatic carbocycles. The molecule has 1 N–H and O–H groups in total. The molecule has 3 saturated heterocycles. The van der Waals surface area contributed by atoms with Crippen LogP contribution in [0.25, 0.3) is 0 Å². The smallest absolute Gasteiger partial charge is 0.251 e. The summed E-state index contributed by atoms with van der Waals surface area (Å²) >= 11 is 0. The third kappa shape index (κ3) is 5.30. The second-order valence-corrected chi connectivity index (χ2v) is 11.3. The number of carbonyl (C=O) groups is 3. The number of piperazine rings is 1. The van der Waals surface area contributed by atoms with E-state index in [9.17, 15) is 14.4 Å². The molecular formula is C28H42N4O4. The van der Waals surface area contributed by atoms with Gasteiger partial charge in [0.15, 0.2) is 5.78 Å². The summed E-state index contributed by atoms with van der Waals surface area (Å²) in [6.07, 6.45) is 1.62. The molecule has 8 nitrogen and oxygen atoms in total. The Morgan fingerprint density at radius 2 is 1.78 bits per heavy atom. The van der Waals surface area contributed by atoms with Crippen LogP contribution in [0, 0.1) is 11.3 Å². The van der Waals surface area contributed by atoms with Crippen molar-refractivity contribution < 1.29 is 19.1 Å². The van der Waals surface area contributed by atoms with E-state index in [-0.39, 0.29) is 36.2 Å². The predicted molar refractivity (Wildman–Crippen MR) is 140 cm³/mol. The molecule has 0 radical (unpaired) electrons. The zero-order chi connectivity index (χ0) is 26.0. The first-order valence-corrected chi connectivity index (χ1v) is 13.5. The lowest BCUT2D eigenvalue weighted by molar-refractivity contribution is -0.140. The Bertz CT molecular complexity index is 955. The van der Waals surface area contributed by atoms with Gasteiger partial charge in [0.2, 0.25) is 5.91 Å². The topological polar surface area (TPSA) is 82.2 Å². The highest BCUT2D eigenvalue weighted by atomic mass is 16.5. The van der Waals surface area contributed by atoms with E-state index < -0.39 is 17.5 Å². The van der Waals surface area contributed by atoms with Crippen molar-refractivity contribution in [2.45, 2.75) is 65.6 Å². The summed E-state index contributed by atoms with van der Waals surface area (Å²) in [6, 6.07) is 6.39. The number of Topliss-reactive ketones (excluding diaryl/α,β-unsaturated/α-hetero) is 1. The third-order valence-corrected chi connectivity index (χ3v) is 8.35. The molecule has 3 aliphatic heterocycles. The SMILES string of the molecule is CCCN1CCN(c2ccc(C(=O)N[C@H](C(=O)N3C[C@@H](C)[C@H]4OCC(=O)[C@H]43)C(C)(C)CC)cc2)CC1. The molecule has 0 bridgehead atoms. The number of nitrogens with one attached hydrogen (secondary N) is 1. The number of ketones is 1. The Balaban J connectivity index is 1.45. The molecular weight excluding hydrogens is 456 g/mol. The third-order valence-electron chi connectivity index (χ3n) is 8.35. The van der Waals surface area contributed by atoms with Gasteiger partial charge in [0.25, 0.3) is 5.91 Å². The molecule has 2 amide bonds. The maximum atomic E-state index is 13.8. The van der Waals surface area contributed by atoms with Gasteiger partial charge in [0, 0.05) is 49.9 Å². The fourth-order valence-electron chi connectivity index (χ4n) is 5.66. The number of fused-ring (bicyclic) bond motifs is 1. The fourth-order valence-corrected chi connectivity index (χ4v) is 5.66. The van der Waals surface area contributed by atoms with Crippen LogP contribution in [0.5, 0.6) is 0 Å². The van der Waals surface area contributed by atoms with Crippen LogP contribution in [0.4, 0.5) is 5.69 Å². The number of likely N-dealkylation sites (tertiary alicyclic amines) is 1. The van der Waals surface area contributed by atoms with Crippen LogP contribution >= 0.6 is 0 Å². The summed E-state index contributed by atoms with van der Waals surface area (Å²) in [5, 5.41) is 3.03. The quantitative estimate of drug-likeness (QED) is 0.593. The molecule has 0 spiro atoms. The predicted octanol–water partition coefficient (Wildman–Crippen LogP) is 2.57. The molecule has 8 heteroatoms. The highest BCUT2D eigenvalue weighted by Crippen LogP contribution is 2.35. The van der Waals surface area contributed by atoms with Crippen molar-refractivity contribution >= 4 is 23.3 Å². The molecule has 0 unspecified atom stereocenters. The van der Waals surface area contributed by atoms with E-state index in [1.807, 2.05) is 52.0 Å². The number of ether oxygens (including phenoxy) is 1. The molecule has 3 fully saturated rings. The summed E-state index contributed by atoms with van der Waals surface area (Å²) < 4.78 is 5.67. The molecule has 198 valence electrons. The van der Waals surface area contributed by atoms with Gasteiger partial charge in [-0.05, 0) is 49.1 Å². The summed E-state index contributed by atoms with van der Waals surface area (Å²) in [7, 11) is 0. The van der Waals surface area contributed by atoms with Gasteiger partial charge < -0.3 is 19.9 Å². The largest absolute Gasteiger partial charge is 0.369 e. The van der Waals surface area contributed by atoms with Crippen LogP contribution in [0.2, 0.25) is 0 Å². The van der Waals surface area contributed by atoms with Crippen molar-refractivity contribution in [3.8, 4) is 0 Å². The van der Waals surface area contributed by atoms with Crippen LogP contribution in [-0.2, 0) is 14.3 Å². The van der Waals surface area contributed by atoms with Gasteiger partial charge in [-0.25, -0.2) is 0 Å². The van der Waals surface area contributed by atoms with E-state index in [1.165, 1.54) is 6.42 Å². The lowest BCUT2D eigenvalue weighted by Gasteiger charge is -2.37. The summed E-state index contributed by atoms with van der Waals surface area (Å²) in [5.41, 5.74) is 1.16. The van der Waals surface area contributed by atoms with E-state index in [1.54, 1.807) is 4.90 Å².